The zero-order valence-corrected chi connectivity index (χ0v) is 16.1. The number of benzene rings is 1. The maximum absolute atomic E-state index is 12.3. The Hall–Kier alpha value is -2.83. The lowest BCUT2D eigenvalue weighted by Crippen LogP contribution is -2.47. The number of para-hydroxylation sites is 1. The minimum Gasteiger partial charge on any atom is -0.368 e. The van der Waals surface area contributed by atoms with Crippen LogP contribution in [0.1, 0.15) is 25.7 Å². The van der Waals surface area contributed by atoms with Crippen molar-refractivity contribution in [3.63, 3.8) is 0 Å². The van der Waals surface area contributed by atoms with Crippen molar-refractivity contribution in [2.75, 3.05) is 36.0 Å². The number of piperazine rings is 1. The molecular weight excluding hydrogens is 354 g/mol. The molecule has 0 radical (unpaired) electrons. The first kappa shape index (κ1) is 18.5. The first-order chi connectivity index (χ1) is 13.7. The van der Waals surface area contributed by atoms with Crippen LogP contribution in [0.4, 0.5) is 11.5 Å². The average Bonchev–Trinajstić information content (AvgIpc) is 3.23. The number of hydrogen-bond donors (Lipinski definition) is 1. The van der Waals surface area contributed by atoms with Gasteiger partial charge in [0.05, 0.1) is 0 Å². The van der Waals surface area contributed by atoms with Crippen LogP contribution in [0, 0.1) is 0 Å². The molecule has 0 unspecified atom stereocenters. The molecule has 148 valence electrons. The number of carbonyl (C=O) groups is 1. The van der Waals surface area contributed by atoms with Gasteiger partial charge in [0.1, 0.15) is 12.4 Å². The Balaban J connectivity index is 1.38. The van der Waals surface area contributed by atoms with Crippen LogP contribution >= 0.6 is 0 Å². The van der Waals surface area contributed by atoms with Gasteiger partial charge in [-0.2, -0.15) is 5.10 Å². The Bertz CT molecular complexity index is 853. The van der Waals surface area contributed by atoms with E-state index in [2.05, 4.69) is 44.5 Å². The number of hydrogen-bond acceptors (Lipinski definition) is 5. The number of aromatic nitrogens is 2. The summed E-state index contributed by atoms with van der Waals surface area (Å²) in [5, 5.41) is 7.48. The van der Waals surface area contributed by atoms with E-state index in [9.17, 15) is 9.59 Å². The minimum absolute atomic E-state index is 0.0207. The Morgan fingerprint density at radius 2 is 1.64 bits per heavy atom. The third-order valence-corrected chi connectivity index (χ3v) is 5.59. The van der Waals surface area contributed by atoms with Crippen molar-refractivity contribution in [1.29, 1.82) is 0 Å². The van der Waals surface area contributed by atoms with Gasteiger partial charge < -0.3 is 15.1 Å². The van der Waals surface area contributed by atoms with Crippen molar-refractivity contribution in [2.45, 2.75) is 38.3 Å². The van der Waals surface area contributed by atoms with Gasteiger partial charge in [-0.05, 0) is 31.0 Å². The van der Waals surface area contributed by atoms with Crippen LogP contribution in [0.2, 0.25) is 0 Å². The highest BCUT2D eigenvalue weighted by atomic mass is 16.2. The third-order valence-electron chi connectivity index (χ3n) is 5.59. The lowest BCUT2D eigenvalue weighted by molar-refractivity contribution is -0.122. The van der Waals surface area contributed by atoms with E-state index in [1.54, 1.807) is 6.07 Å². The monoisotopic (exact) mass is 381 g/mol. The average molecular weight is 381 g/mol. The molecule has 2 heterocycles. The molecule has 0 spiro atoms. The molecule has 7 heteroatoms. The number of rotatable bonds is 5. The number of amides is 1. The van der Waals surface area contributed by atoms with Crippen LogP contribution in [0.5, 0.6) is 0 Å². The summed E-state index contributed by atoms with van der Waals surface area (Å²) in [5.74, 6) is 0.619. The van der Waals surface area contributed by atoms with Gasteiger partial charge >= 0.3 is 0 Å². The molecule has 0 atom stereocenters. The number of anilines is 2. The fourth-order valence-electron chi connectivity index (χ4n) is 4.03. The van der Waals surface area contributed by atoms with Gasteiger partial charge in [-0.1, -0.05) is 31.0 Å². The summed E-state index contributed by atoms with van der Waals surface area (Å²) in [6, 6.07) is 13.9. The van der Waals surface area contributed by atoms with E-state index in [4.69, 9.17) is 0 Å². The summed E-state index contributed by atoms with van der Waals surface area (Å²) in [5.41, 5.74) is 0.983. The molecule has 2 fully saturated rings. The lowest BCUT2D eigenvalue weighted by atomic mass is 10.2. The SMILES string of the molecule is O=C(Cn1nc(N2CCN(c3ccccc3)CC2)ccc1=O)NC1CCCC1. The Kier molecular flexibility index (Phi) is 5.60. The van der Waals surface area contributed by atoms with Gasteiger partial charge in [0.15, 0.2) is 0 Å². The van der Waals surface area contributed by atoms with Gasteiger partial charge in [-0.25, -0.2) is 4.68 Å². The van der Waals surface area contributed by atoms with E-state index in [0.717, 1.165) is 57.7 Å². The van der Waals surface area contributed by atoms with Crippen LogP contribution < -0.4 is 20.7 Å². The molecule has 0 bridgehead atoms. The molecule has 2 aliphatic rings. The van der Waals surface area contributed by atoms with Crippen molar-refractivity contribution in [3.05, 3.63) is 52.8 Å². The first-order valence-corrected chi connectivity index (χ1v) is 10.1. The van der Waals surface area contributed by atoms with Crippen molar-refractivity contribution in [2.24, 2.45) is 0 Å². The summed E-state index contributed by atoms with van der Waals surface area (Å²) in [4.78, 5) is 29.0. The maximum Gasteiger partial charge on any atom is 0.267 e. The van der Waals surface area contributed by atoms with Gasteiger partial charge in [-0.15, -0.1) is 0 Å². The van der Waals surface area contributed by atoms with E-state index < -0.39 is 0 Å². The minimum atomic E-state index is -0.242. The van der Waals surface area contributed by atoms with Crippen LogP contribution in [0.25, 0.3) is 0 Å². The predicted octanol–water partition coefficient (Wildman–Crippen LogP) is 1.63. The molecule has 4 rings (SSSR count). The van der Waals surface area contributed by atoms with Crippen molar-refractivity contribution >= 4 is 17.4 Å². The summed E-state index contributed by atoms with van der Waals surface area (Å²) in [7, 11) is 0. The van der Waals surface area contributed by atoms with E-state index in [0.29, 0.717) is 0 Å². The number of nitrogens with one attached hydrogen (secondary N) is 1. The molecular formula is C21H27N5O2. The molecule has 1 amide bonds. The molecule has 28 heavy (non-hydrogen) atoms. The molecule has 1 N–H and O–H groups in total. The Labute approximate surface area is 165 Å². The topological polar surface area (TPSA) is 70.5 Å². The maximum atomic E-state index is 12.3. The fourth-order valence-corrected chi connectivity index (χ4v) is 4.03. The molecule has 7 nitrogen and oxygen atoms in total. The normalized spacial score (nSPS) is 17.7. The second-order valence-electron chi connectivity index (χ2n) is 7.55. The summed E-state index contributed by atoms with van der Waals surface area (Å²) in [6.45, 7) is 3.43. The standard InChI is InChI=1S/C21H27N5O2/c27-20(22-17-6-4-5-7-17)16-26-21(28)11-10-19(23-26)25-14-12-24(13-15-25)18-8-2-1-3-9-18/h1-3,8-11,17H,4-7,12-16H2,(H,22,27). The molecule has 1 aliphatic carbocycles. The van der Waals surface area contributed by atoms with E-state index in [1.807, 2.05) is 6.07 Å². The van der Waals surface area contributed by atoms with Crippen molar-refractivity contribution < 1.29 is 4.79 Å². The molecule has 1 saturated heterocycles. The summed E-state index contributed by atoms with van der Waals surface area (Å²) in [6.07, 6.45) is 4.38. The zero-order valence-electron chi connectivity index (χ0n) is 16.1. The van der Waals surface area contributed by atoms with Gasteiger partial charge in [0.2, 0.25) is 5.91 Å². The van der Waals surface area contributed by atoms with Gasteiger partial charge in [0, 0.05) is 44.0 Å². The first-order valence-electron chi connectivity index (χ1n) is 10.1. The van der Waals surface area contributed by atoms with E-state index in [1.165, 1.54) is 16.4 Å². The van der Waals surface area contributed by atoms with Gasteiger partial charge in [0.25, 0.3) is 5.56 Å². The van der Waals surface area contributed by atoms with Crippen LogP contribution in [0.3, 0.4) is 0 Å². The molecule has 1 aliphatic heterocycles. The summed E-state index contributed by atoms with van der Waals surface area (Å²) < 4.78 is 1.28. The van der Waals surface area contributed by atoms with E-state index >= 15 is 0 Å². The van der Waals surface area contributed by atoms with Crippen molar-refractivity contribution in [1.82, 2.24) is 15.1 Å². The fraction of sp³-hybridized carbons (Fsp3) is 0.476. The smallest absolute Gasteiger partial charge is 0.267 e. The van der Waals surface area contributed by atoms with Crippen LogP contribution in [-0.2, 0) is 11.3 Å². The van der Waals surface area contributed by atoms with Crippen LogP contribution in [-0.4, -0.2) is 47.9 Å². The summed E-state index contributed by atoms with van der Waals surface area (Å²) >= 11 is 0. The zero-order chi connectivity index (χ0) is 19.3. The second-order valence-corrected chi connectivity index (χ2v) is 7.55. The quantitative estimate of drug-likeness (QED) is 0.852. The highest BCUT2D eigenvalue weighted by Gasteiger charge is 2.20. The molecule has 1 aromatic carbocycles. The van der Waals surface area contributed by atoms with Crippen molar-refractivity contribution in [3.8, 4) is 0 Å². The number of carbonyl (C=O) groups excluding carboxylic acids is 1. The Morgan fingerprint density at radius 3 is 2.36 bits per heavy atom. The van der Waals surface area contributed by atoms with E-state index in [-0.39, 0.29) is 24.1 Å². The molecule has 1 saturated carbocycles. The lowest BCUT2D eigenvalue weighted by Gasteiger charge is -2.36. The second kappa shape index (κ2) is 8.46. The predicted molar refractivity (Wildman–Crippen MR) is 110 cm³/mol. The van der Waals surface area contributed by atoms with Gasteiger partial charge in [-0.3, -0.25) is 9.59 Å². The van der Waals surface area contributed by atoms with Crippen LogP contribution in [0.15, 0.2) is 47.3 Å². The molecule has 2 aromatic rings. The largest absolute Gasteiger partial charge is 0.368 e. The Morgan fingerprint density at radius 1 is 0.964 bits per heavy atom. The highest BCUT2D eigenvalue weighted by molar-refractivity contribution is 5.76. The number of nitrogens with zero attached hydrogens (tertiary/aromatic N) is 4. The third kappa shape index (κ3) is 4.35. The molecule has 1 aromatic heterocycles. The highest BCUT2D eigenvalue weighted by Crippen LogP contribution is 2.19.